The Kier molecular flexibility index (Phi) is 3.48. The molecule has 1 aromatic rings. The Morgan fingerprint density at radius 3 is 2.94 bits per heavy atom. The molecule has 0 bridgehead atoms. The molecule has 3 heteroatoms. The van der Waals surface area contributed by atoms with Crippen LogP contribution in [0.3, 0.4) is 0 Å². The van der Waals surface area contributed by atoms with Gasteiger partial charge in [0.1, 0.15) is 5.82 Å². The average molecular weight is 233 g/mol. The van der Waals surface area contributed by atoms with Gasteiger partial charge < -0.3 is 5.73 Å². The van der Waals surface area contributed by atoms with Crippen molar-refractivity contribution in [1.29, 1.82) is 0 Å². The van der Waals surface area contributed by atoms with Gasteiger partial charge >= 0.3 is 0 Å². The highest BCUT2D eigenvalue weighted by Crippen LogP contribution is 2.38. The highest BCUT2D eigenvalue weighted by molar-refractivity contribution is 5.26. The molecule has 0 saturated heterocycles. The lowest BCUT2D eigenvalue weighted by Gasteiger charge is -2.34. The third kappa shape index (κ3) is 2.83. The lowest BCUT2D eigenvalue weighted by Crippen LogP contribution is -2.31. The standard InChI is InChI=1S/C14H23N3/c1-4-5-6-13-16-9-10-11(15)7-14(2,3)8-12(10)17-13/h9,11H,4-8,15H2,1-3H3. The van der Waals surface area contributed by atoms with Crippen molar-refractivity contribution in [3.8, 4) is 0 Å². The maximum absolute atomic E-state index is 6.19. The maximum Gasteiger partial charge on any atom is 0.128 e. The molecule has 1 heterocycles. The molecule has 0 fully saturated rings. The van der Waals surface area contributed by atoms with E-state index in [1.54, 1.807) is 0 Å². The van der Waals surface area contributed by atoms with Gasteiger partial charge in [-0.25, -0.2) is 9.97 Å². The molecule has 1 aliphatic carbocycles. The van der Waals surface area contributed by atoms with Gasteiger partial charge in [-0.3, -0.25) is 0 Å². The molecule has 1 unspecified atom stereocenters. The Hall–Kier alpha value is -0.960. The van der Waals surface area contributed by atoms with Crippen molar-refractivity contribution in [3.05, 3.63) is 23.3 Å². The minimum Gasteiger partial charge on any atom is -0.324 e. The van der Waals surface area contributed by atoms with Crippen molar-refractivity contribution in [1.82, 2.24) is 9.97 Å². The third-order valence-corrected chi connectivity index (χ3v) is 3.52. The largest absolute Gasteiger partial charge is 0.324 e. The van der Waals surface area contributed by atoms with Crippen molar-refractivity contribution in [2.45, 2.75) is 58.9 Å². The second-order valence-corrected chi connectivity index (χ2v) is 5.94. The van der Waals surface area contributed by atoms with E-state index < -0.39 is 0 Å². The first-order valence-corrected chi connectivity index (χ1v) is 6.62. The predicted molar refractivity (Wildman–Crippen MR) is 69.7 cm³/mol. The fourth-order valence-corrected chi connectivity index (χ4v) is 2.61. The van der Waals surface area contributed by atoms with Crippen LogP contribution in [0.4, 0.5) is 0 Å². The minimum absolute atomic E-state index is 0.106. The lowest BCUT2D eigenvalue weighted by molar-refractivity contribution is 0.277. The Bertz CT molecular complexity index is 398. The van der Waals surface area contributed by atoms with Gasteiger partial charge in [-0.2, -0.15) is 0 Å². The number of aromatic nitrogens is 2. The van der Waals surface area contributed by atoms with Crippen molar-refractivity contribution in [2.24, 2.45) is 11.1 Å². The van der Waals surface area contributed by atoms with E-state index in [2.05, 4.69) is 25.8 Å². The minimum atomic E-state index is 0.106. The molecule has 0 amide bonds. The van der Waals surface area contributed by atoms with Crippen LogP contribution in [0.2, 0.25) is 0 Å². The summed E-state index contributed by atoms with van der Waals surface area (Å²) < 4.78 is 0. The summed E-state index contributed by atoms with van der Waals surface area (Å²) >= 11 is 0. The molecule has 3 nitrogen and oxygen atoms in total. The molecule has 0 aliphatic heterocycles. The zero-order chi connectivity index (χ0) is 12.5. The second kappa shape index (κ2) is 4.73. The van der Waals surface area contributed by atoms with Gasteiger partial charge in [-0.05, 0) is 24.7 Å². The van der Waals surface area contributed by atoms with Gasteiger partial charge in [0.2, 0.25) is 0 Å². The topological polar surface area (TPSA) is 51.8 Å². The summed E-state index contributed by atoms with van der Waals surface area (Å²) in [5, 5.41) is 0. The molecular formula is C14H23N3. The molecular weight excluding hydrogens is 210 g/mol. The van der Waals surface area contributed by atoms with E-state index in [0.717, 1.165) is 37.1 Å². The van der Waals surface area contributed by atoms with Crippen molar-refractivity contribution >= 4 is 0 Å². The molecule has 1 atom stereocenters. The predicted octanol–water partition coefficient (Wildman–Crippen LogP) is 2.79. The van der Waals surface area contributed by atoms with Crippen molar-refractivity contribution < 1.29 is 0 Å². The van der Waals surface area contributed by atoms with Gasteiger partial charge in [0.15, 0.2) is 0 Å². The highest BCUT2D eigenvalue weighted by atomic mass is 14.9. The fraction of sp³-hybridized carbons (Fsp3) is 0.714. The van der Waals surface area contributed by atoms with Gasteiger partial charge in [-0.1, -0.05) is 27.2 Å². The van der Waals surface area contributed by atoms with Crippen LogP contribution in [-0.4, -0.2) is 9.97 Å². The molecule has 0 aromatic carbocycles. The fourth-order valence-electron chi connectivity index (χ4n) is 2.61. The van der Waals surface area contributed by atoms with Gasteiger partial charge in [0.25, 0.3) is 0 Å². The molecule has 2 N–H and O–H groups in total. The van der Waals surface area contributed by atoms with Crippen molar-refractivity contribution in [2.75, 3.05) is 0 Å². The number of nitrogens with zero attached hydrogens (tertiary/aromatic N) is 2. The van der Waals surface area contributed by atoms with Crippen LogP contribution in [0.15, 0.2) is 6.20 Å². The van der Waals surface area contributed by atoms with Crippen LogP contribution in [0.5, 0.6) is 0 Å². The quantitative estimate of drug-likeness (QED) is 0.873. The Balaban J connectivity index is 2.25. The molecule has 17 heavy (non-hydrogen) atoms. The number of aryl methyl sites for hydroxylation is 1. The molecule has 0 saturated carbocycles. The summed E-state index contributed by atoms with van der Waals surface area (Å²) in [6, 6.07) is 0.106. The Morgan fingerprint density at radius 1 is 1.47 bits per heavy atom. The molecule has 1 aliphatic rings. The summed E-state index contributed by atoms with van der Waals surface area (Å²) in [6.45, 7) is 6.73. The van der Waals surface area contributed by atoms with Crippen LogP contribution in [0.25, 0.3) is 0 Å². The van der Waals surface area contributed by atoms with Crippen LogP contribution in [0, 0.1) is 5.41 Å². The first kappa shape index (κ1) is 12.5. The Labute approximate surface area is 104 Å². The van der Waals surface area contributed by atoms with E-state index in [1.807, 2.05) is 6.20 Å². The molecule has 1 aromatic heterocycles. The number of fused-ring (bicyclic) bond motifs is 1. The zero-order valence-electron chi connectivity index (χ0n) is 11.2. The maximum atomic E-state index is 6.19. The number of hydrogen-bond acceptors (Lipinski definition) is 3. The average Bonchev–Trinajstić information content (AvgIpc) is 2.24. The van der Waals surface area contributed by atoms with E-state index in [-0.39, 0.29) is 11.5 Å². The summed E-state index contributed by atoms with van der Waals surface area (Å²) in [6.07, 6.45) is 7.34. The van der Waals surface area contributed by atoms with Gasteiger partial charge in [0, 0.05) is 29.9 Å². The van der Waals surface area contributed by atoms with E-state index in [4.69, 9.17) is 10.7 Å². The second-order valence-electron chi connectivity index (χ2n) is 5.94. The highest BCUT2D eigenvalue weighted by Gasteiger charge is 2.31. The summed E-state index contributed by atoms with van der Waals surface area (Å²) in [7, 11) is 0. The number of hydrogen-bond donors (Lipinski definition) is 1. The number of unbranched alkanes of at least 4 members (excludes halogenated alkanes) is 1. The first-order valence-electron chi connectivity index (χ1n) is 6.62. The summed E-state index contributed by atoms with van der Waals surface area (Å²) in [4.78, 5) is 9.14. The molecule has 2 rings (SSSR count). The van der Waals surface area contributed by atoms with E-state index in [9.17, 15) is 0 Å². The zero-order valence-corrected chi connectivity index (χ0v) is 11.2. The molecule has 94 valence electrons. The Morgan fingerprint density at radius 2 is 2.24 bits per heavy atom. The molecule has 0 radical (unpaired) electrons. The third-order valence-electron chi connectivity index (χ3n) is 3.52. The first-order chi connectivity index (χ1) is 8.02. The van der Waals surface area contributed by atoms with Crippen LogP contribution in [-0.2, 0) is 12.8 Å². The van der Waals surface area contributed by atoms with E-state index >= 15 is 0 Å². The number of nitrogens with two attached hydrogens (primary N) is 1. The molecule has 0 spiro atoms. The number of rotatable bonds is 3. The van der Waals surface area contributed by atoms with E-state index in [0.29, 0.717) is 0 Å². The van der Waals surface area contributed by atoms with E-state index in [1.165, 1.54) is 12.1 Å². The SMILES string of the molecule is CCCCc1ncc2c(n1)CC(C)(C)CC2N. The summed E-state index contributed by atoms with van der Waals surface area (Å²) in [5.74, 6) is 0.982. The van der Waals surface area contributed by atoms with Crippen LogP contribution < -0.4 is 5.73 Å². The van der Waals surface area contributed by atoms with Crippen LogP contribution >= 0.6 is 0 Å². The monoisotopic (exact) mass is 233 g/mol. The smallest absolute Gasteiger partial charge is 0.128 e. The van der Waals surface area contributed by atoms with Gasteiger partial charge in [0.05, 0.1) is 0 Å². The van der Waals surface area contributed by atoms with Crippen molar-refractivity contribution in [3.63, 3.8) is 0 Å². The van der Waals surface area contributed by atoms with Gasteiger partial charge in [-0.15, -0.1) is 0 Å². The lowest BCUT2D eigenvalue weighted by atomic mass is 9.74. The van der Waals surface area contributed by atoms with Crippen LogP contribution in [0.1, 0.15) is 63.2 Å². The normalized spacial score (nSPS) is 22.2. The summed E-state index contributed by atoms with van der Waals surface area (Å²) in [5.41, 5.74) is 8.79.